The summed E-state index contributed by atoms with van der Waals surface area (Å²) in [6.07, 6.45) is 2.93. The summed E-state index contributed by atoms with van der Waals surface area (Å²) in [5, 5.41) is 16.1. The molecule has 4 rings (SSSR count). The van der Waals surface area contributed by atoms with Crippen molar-refractivity contribution < 1.29 is 9.18 Å². The molecule has 0 bridgehead atoms. The lowest BCUT2D eigenvalue weighted by atomic mass is 10.2. The Kier molecular flexibility index (Phi) is 4.82. The largest absolute Gasteiger partial charge is 0.355 e. The van der Waals surface area contributed by atoms with E-state index in [4.69, 9.17) is 0 Å². The quantitative estimate of drug-likeness (QED) is 0.409. The number of rotatable bonds is 5. The Hall–Kier alpha value is -3.94. The monoisotopic (exact) mass is 390 g/mol. The lowest BCUT2D eigenvalue weighted by molar-refractivity contribution is 0.0963. The van der Waals surface area contributed by atoms with Gasteiger partial charge < -0.3 is 16.0 Å². The highest BCUT2D eigenvalue weighted by Gasteiger charge is 2.13. The average molecular weight is 390 g/mol. The highest BCUT2D eigenvalue weighted by molar-refractivity contribution is 5.96. The van der Waals surface area contributed by atoms with Gasteiger partial charge in [-0.25, -0.2) is 9.37 Å². The fraction of sp³-hybridized carbons (Fsp3) is 0.0952. The molecule has 0 atom stereocenters. The van der Waals surface area contributed by atoms with Crippen molar-refractivity contribution in [3.63, 3.8) is 0 Å². The molecule has 2 aromatic carbocycles. The van der Waals surface area contributed by atoms with E-state index in [1.54, 1.807) is 19.2 Å². The Morgan fingerprint density at radius 3 is 2.69 bits per heavy atom. The van der Waals surface area contributed by atoms with Crippen molar-refractivity contribution in [1.82, 2.24) is 20.5 Å². The van der Waals surface area contributed by atoms with Gasteiger partial charge in [0, 0.05) is 24.6 Å². The van der Waals surface area contributed by atoms with E-state index in [2.05, 4.69) is 31.1 Å². The number of fused-ring (bicyclic) bond motifs is 1. The molecule has 0 saturated heterocycles. The van der Waals surface area contributed by atoms with Crippen molar-refractivity contribution in [2.45, 2.75) is 6.92 Å². The lowest BCUT2D eigenvalue weighted by Crippen LogP contribution is -2.18. The fourth-order valence-corrected chi connectivity index (χ4v) is 3.00. The first-order valence-electron chi connectivity index (χ1n) is 8.99. The van der Waals surface area contributed by atoms with Gasteiger partial charge in [0.1, 0.15) is 5.82 Å². The second-order valence-corrected chi connectivity index (χ2v) is 6.55. The molecule has 4 N–H and O–H groups in total. The van der Waals surface area contributed by atoms with E-state index in [0.29, 0.717) is 33.7 Å². The number of nitrogens with one attached hydrogen (secondary N) is 4. The second kappa shape index (κ2) is 7.59. The third-order valence-corrected chi connectivity index (χ3v) is 4.56. The third-order valence-electron chi connectivity index (χ3n) is 4.56. The van der Waals surface area contributed by atoms with Crippen LogP contribution in [0.1, 0.15) is 15.9 Å². The van der Waals surface area contributed by atoms with Crippen LogP contribution in [-0.4, -0.2) is 28.1 Å². The zero-order valence-corrected chi connectivity index (χ0v) is 15.9. The topological polar surface area (TPSA) is 94.7 Å². The Morgan fingerprint density at radius 2 is 1.90 bits per heavy atom. The summed E-state index contributed by atoms with van der Waals surface area (Å²) < 4.78 is 14.3. The second-order valence-electron chi connectivity index (χ2n) is 6.55. The zero-order valence-electron chi connectivity index (χ0n) is 15.9. The molecule has 0 aliphatic rings. The first-order valence-corrected chi connectivity index (χ1v) is 8.99. The number of aromatic nitrogens is 3. The van der Waals surface area contributed by atoms with Crippen LogP contribution >= 0.6 is 0 Å². The van der Waals surface area contributed by atoms with Crippen LogP contribution in [0.2, 0.25) is 0 Å². The maximum atomic E-state index is 14.3. The van der Waals surface area contributed by atoms with Crippen LogP contribution in [0.5, 0.6) is 0 Å². The van der Waals surface area contributed by atoms with E-state index in [9.17, 15) is 9.18 Å². The predicted molar refractivity (Wildman–Crippen MR) is 111 cm³/mol. The Balaban J connectivity index is 1.75. The summed E-state index contributed by atoms with van der Waals surface area (Å²) in [4.78, 5) is 16.5. The van der Waals surface area contributed by atoms with Crippen LogP contribution in [0.4, 0.5) is 27.3 Å². The summed E-state index contributed by atoms with van der Waals surface area (Å²) in [6.45, 7) is 1.98. The molecule has 0 aliphatic carbocycles. The molecular weight excluding hydrogens is 371 g/mol. The van der Waals surface area contributed by atoms with E-state index >= 15 is 0 Å². The normalized spacial score (nSPS) is 10.7. The summed E-state index contributed by atoms with van der Waals surface area (Å²) >= 11 is 0. The number of pyridine rings is 1. The minimum Gasteiger partial charge on any atom is -0.355 e. The first-order chi connectivity index (χ1) is 14.0. The molecule has 2 heterocycles. The molecule has 1 amide bonds. The van der Waals surface area contributed by atoms with Crippen molar-refractivity contribution in [2.24, 2.45) is 0 Å². The smallest absolute Gasteiger partial charge is 0.252 e. The van der Waals surface area contributed by atoms with Crippen LogP contribution in [-0.2, 0) is 0 Å². The molecule has 0 spiro atoms. The molecule has 8 heteroatoms. The number of anilines is 4. The molecule has 4 aromatic rings. The van der Waals surface area contributed by atoms with Crippen LogP contribution < -0.4 is 16.0 Å². The van der Waals surface area contributed by atoms with Gasteiger partial charge in [-0.15, -0.1) is 0 Å². The first kappa shape index (κ1) is 18.4. The average Bonchev–Trinajstić information content (AvgIpc) is 3.19. The van der Waals surface area contributed by atoms with Gasteiger partial charge in [-0.3, -0.25) is 9.89 Å². The number of para-hydroxylation sites is 1. The molecule has 0 radical (unpaired) electrons. The number of halogens is 1. The Labute approximate surface area is 166 Å². The number of H-pyrrole nitrogens is 1. The molecule has 29 heavy (non-hydrogen) atoms. The molecule has 146 valence electrons. The van der Waals surface area contributed by atoms with Gasteiger partial charge in [0.2, 0.25) is 0 Å². The molecule has 0 saturated carbocycles. The van der Waals surface area contributed by atoms with E-state index in [-0.39, 0.29) is 5.91 Å². The fourth-order valence-electron chi connectivity index (χ4n) is 3.00. The van der Waals surface area contributed by atoms with Gasteiger partial charge in [-0.2, -0.15) is 5.10 Å². The third kappa shape index (κ3) is 3.73. The summed E-state index contributed by atoms with van der Waals surface area (Å²) in [5.41, 5.74) is 3.91. The minimum atomic E-state index is -0.400. The van der Waals surface area contributed by atoms with Crippen molar-refractivity contribution in [1.29, 1.82) is 0 Å². The molecule has 0 unspecified atom stereocenters. The molecule has 2 aromatic heterocycles. The number of aromatic amines is 1. The summed E-state index contributed by atoms with van der Waals surface area (Å²) in [7, 11) is 1.55. The van der Waals surface area contributed by atoms with Gasteiger partial charge >= 0.3 is 0 Å². The number of benzene rings is 2. The van der Waals surface area contributed by atoms with Crippen LogP contribution in [0.25, 0.3) is 10.9 Å². The Bertz CT molecular complexity index is 1200. The molecule has 0 fully saturated rings. The minimum absolute atomic E-state index is 0.266. The van der Waals surface area contributed by atoms with Gasteiger partial charge in [0.25, 0.3) is 5.91 Å². The number of aryl methyl sites for hydroxylation is 1. The van der Waals surface area contributed by atoms with E-state index < -0.39 is 5.82 Å². The highest BCUT2D eigenvalue weighted by atomic mass is 19.1. The highest BCUT2D eigenvalue weighted by Crippen LogP contribution is 2.30. The van der Waals surface area contributed by atoms with Gasteiger partial charge in [-0.05, 0) is 36.8 Å². The van der Waals surface area contributed by atoms with Crippen molar-refractivity contribution in [3.8, 4) is 0 Å². The van der Waals surface area contributed by atoms with Crippen molar-refractivity contribution in [2.75, 3.05) is 17.7 Å². The number of nitrogens with zero attached hydrogens (tertiary/aromatic N) is 2. The standard InChI is InChI=1S/C21H19FN6O/c1-12-5-3-4-6-17(12)27-20-19(7-13(10-24-20)21(29)23-2)26-14-8-16(22)15-11-25-28-18(15)9-14/h3-11,26H,1-2H3,(H,23,29)(H,24,27)(H,25,28). The van der Waals surface area contributed by atoms with Crippen molar-refractivity contribution >= 4 is 39.7 Å². The SMILES string of the molecule is CNC(=O)c1cnc(Nc2ccccc2C)c(Nc2cc(F)c3cn[nH]c3c2)c1. The summed E-state index contributed by atoms with van der Waals surface area (Å²) in [5.74, 6) is -0.155. The predicted octanol–water partition coefficient (Wildman–Crippen LogP) is 4.25. The number of amides is 1. The number of hydrogen-bond acceptors (Lipinski definition) is 5. The van der Waals surface area contributed by atoms with E-state index in [1.807, 2.05) is 31.2 Å². The maximum Gasteiger partial charge on any atom is 0.252 e. The number of carbonyl (C=O) groups excluding carboxylic acids is 1. The molecule has 0 aliphatic heterocycles. The van der Waals surface area contributed by atoms with Crippen LogP contribution in [0.15, 0.2) is 54.9 Å². The van der Waals surface area contributed by atoms with Gasteiger partial charge in [-0.1, -0.05) is 18.2 Å². The van der Waals surface area contributed by atoms with E-state index in [0.717, 1.165) is 11.3 Å². The lowest BCUT2D eigenvalue weighted by Gasteiger charge is -2.15. The Morgan fingerprint density at radius 1 is 1.07 bits per heavy atom. The zero-order chi connectivity index (χ0) is 20.4. The van der Waals surface area contributed by atoms with Gasteiger partial charge in [0.05, 0.1) is 28.4 Å². The molecular formula is C21H19FN6O. The van der Waals surface area contributed by atoms with Crippen LogP contribution in [0, 0.1) is 12.7 Å². The number of carbonyl (C=O) groups is 1. The van der Waals surface area contributed by atoms with Crippen molar-refractivity contribution in [3.05, 3.63) is 71.8 Å². The van der Waals surface area contributed by atoms with Gasteiger partial charge in [0.15, 0.2) is 5.82 Å². The van der Waals surface area contributed by atoms with Crippen LogP contribution in [0.3, 0.4) is 0 Å². The molecule has 7 nitrogen and oxygen atoms in total. The van der Waals surface area contributed by atoms with E-state index in [1.165, 1.54) is 18.5 Å². The number of hydrogen-bond donors (Lipinski definition) is 4. The maximum absolute atomic E-state index is 14.3. The summed E-state index contributed by atoms with van der Waals surface area (Å²) in [6, 6.07) is 12.6.